The molecular weight excluding hydrogens is 264 g/mol. The molecule has 112 valence electrons. The molecular formula is C16H22N4O. The van der Waals surface area contributed by atoms with Gasteiger partial charge in [0.25, 0.3) is 0 Å². The summed E-state index contributed by atoms with van der Waals surface area (Å²) in [5.41, 5.74) is 2.20. The van der Waals surface area contributed by atoms with E-state index in [9.17, 15) is 5.11 Å². The first-order valence-electron chi connectivity index (χ1n) is 7.39. The molecule has 0 saturated carbocycles. The number of hydrogen-bond acceptors (Lipinski definition) is 4. The molecule has 1 N–H and O–H groups in total. The number of hydrogen-bond donors (Lipinski definition) is 1. The molecule has 1 fully saturated rings. The quantitative estimate of drug-likeness (QED) is 0.931. The summed E-state index contributed by atoms with van der Waals surface area (Å²) in [6.45, 7) is 8.48. The van der Waals surface area contributed by atoms with E-state index in [-0.39, 0.29) is 0 Å². The molecule has 2 aromatic rings. The normalized spacial score (nSPS) is 17.7. The molecule has 0 amide bonds. The Kier molecular flexibility index (Phi) is 3.78. The van der Waals surface area contributed by atoms with E-state index in [1.54, 1.807) is 0 Å². The van der Waals surface area contributed by atoms with Gasteiger partial charge in [-0.05, 0) is 26.3 Å². The molecule has 1 aromatic carbocycles. The molecule has 21 heavy (non-hydrogen) atoms. The number of aryl methyl sites for hydroxylation is 3. The molecule has 0 radical (unpaired) electrons. The van der Waals surface area contributed by atoms with Gasteiger partial charge in [-0.1, -0.05) is 29.8 Å². The van der Waals surface area contributed by atoms with Crippen molar-refractivity contribution < 1.29 is 5.11 Å². The van der Waals surface area contributed by atoms with Gasteiger partial charge in [0.1, 0.15) is 11.6 Å². The lowest BCUT2D eigenvalue weighted by Gasteiger charge is -2.40. The highest BCUT2D eigenvalue weighted by Crippen LogP contribution is 2.25. The maximum atomic E-state index is 10.3. The summed E-state index contributed by atoms with van der Waals surface area (Å²) in [4.78, 5) is 6.60. The summed E-state index contributed by atoms with van der Waals surface area (Å²) < 4.78 is 2.00. The minimum atomic E-state index is -0.426. The molecule has 0 aliphatic carbocycles. The average molecular weight is 286 g/mol. The van der Waals surface area contributed by atoms with Crippen molar-refractivity contribution in [2.75, 3.05) is 19.6 Å². The Morgan fingerprint density at radius 2 is 1.86 bits per heavy atom. The second-order valence-corrected chi connectivity index (χ2v) is 5.95. The van der Waals surface area contributed by atoms with E-state index in [1.165, 1.54) is 5.56 Å². The van der Waals surface area contributed by atoms with Crippen LogP contribution in [-0.2, 0) is 0 Å². The molecule has 2 heterocycles. The van der Waals surface area contributed by atoms with Crippen molar-refractivity contribution in [2.45, 2.75) is 32.9 Å². The smallest absolute Gasteiger partial charge is 0.147 e. The van der Waals surface area contributed by atoms with Crippen LogP contribution in [0.4, 0.5) is 0 Å². The average Bonchev–Trinajstić information content (AvgIpc) is 2.72. The number of aliphatic hydroxyl groups is 1. The van der Waals surface area contributed by atoms with Crippen molar-refractivity contribution in [3.63, 3.8) is 0 Å². The molecule has 1 unspecified atom stereocenters. The molecule has 0 spiro atoms. The highest BCUT2D eigenvalue weighted by atomic mass is 16.3. The third-order valence-electron chi connectivity index (χ3n) is 4.08. The van der Waals surface area contributed by atoms with Gasteiger partial charge in [-0.25, -0.2) is 9.67 Å². The first-order valence-corrected chi connectivity index (χ1v) is 7.39. The second-order valence-electron chi connectivity index (χ2n) is 5.95. The lowest BCUT2D eigenvalue weighted by Crippen LogP contribution is -2.49. The van der Waals surface area contributed by atoms with E-state index in [4.69, 9.17) is 0 Å². The highest BCUT2D eigenvalue weighted by molar-refractivity contribution is 5.23. The van der Waals surface area contributed by atoms with Crippen molar-refractivity contribution >= 4 is 0 Å². The first-order chi connectivity index (χ1) is 10.0. The molecule has 1 saturated heterocycles. The third-order valence-corrected chi connectivity index (χ3v) is 4.08. The van der Waals surface area contributed by atoms with Gasteiger partial charge in [-0.2, -0.15) is 5.10 Å². The standard InChI is InChI=1S/C16H22N4O/c1-11-4-6-14(7-5-11)16(21)10-19-8-15(9-19)20-13(3)17-12(2)18-20/h4-7,15-16,21H,8-10H2,1-3H3. The van der Waals surface area contributed by atoms with E-state index in [0.717, 1.165) is 30.3 Å². The largest absolute Gasteiger partial charge is 0.387 e. The van der Waals surface area contributed by atoms with Crippen molar-refractivity contribution in [1.82, 2.24) is 19.7 Å². The minimum Gasteiger partial charge on any atom is -0.387 e. The fourth-order valence-electron chi connectivity index (χ4n) is 2.87. The number of aliphatic hydroxyl groups excluding tert-OH is 1. The van der Waals surface area contributed by atoms with Crippen LogP contribution in [0.3, 0.4) is 0 Å². The molecule has 1 aliphatic rings. The fraction of sp³-hybridized carbons (Fsp3) is 0.500. The van der Waals surface area contributed by atoms with Gasteiger partial charge in [0.05, 0.1) is 12.1 Å². The number of benzene rings is 1. The first kappa shape index (κ1) is 14.2. The molecule has 0 bridgehead atoms. The van der Waals surface area contributed by atoms with E-state index >= 15 is 0 Å². The van der Waals surface area contributed by atoms with Gasteiger partial charge >= 0.3 is 0 Å². The maximum Gasteiger partial charge on any atom is 0.147 e. The van der Waals surface area contributed by atoms with Crippen LogP contribution in [0, 0.1) is 20.8 Å². The summed E-state index contributed by atoms with van der Waals surface area (Å²) in [6, 6.07) is 8.47. The molecule has 3 rings (SSSR count). The van der Waals surface area contributed by atoms with Gasteiger partial charge in [0, 0.05) is 19.6 Å². The van der Waals surface area contributed by atoms with Gasteiger partial charge in [-0.15, -0.1) is 0 Å². The fourth-order valence-corrected chi connectivity index (χ4v) is 2.87. The number of likely N-dealkylation sites (tertiary alicyclic amines) is 1. The van der Waals surface area contributed by atoms with Crippen LogP contribution in [0.5, 0.6) is 0 Å². The topological polar surface area (TPSA) is 54.2 Å². The van der Waals surface area contributed by atoms with Crippen molar-refractivity contribution in [3.8, 4) is 0 Å². The SMILES string of the molecule is Cc1ccc(C(O)CN2CC(n3nc(C)nc3C)C2)cc1. The predicted molar refractivity (Wildman–Crippen MR) is 81.1 cm³/mol. The Bertz CT molecular complexity index is 614. The van der Waals surface area contributed by atoms with Crippen LogP contribution in [0.1, 0.15) is 34.9 Å². The van der Waals surface area contributed by atoms with Crippen LogP contribution >= 0.6 is 0 Å². The van der Waals surface area contributed by atoms with Crippen molar-refractivity contribution in [1.29, 1.82) is 0 Å². The van der Waals surface area contributed by atoms with Gasteiger partial charge < -0.3 is 5.11 Å². The summed E-state index contributed by atoms with van der Waals surface area (Å²) in [7, 11) is 0. The minimum absolute atomic E-state index is 0.386. The zero-order valence-corrected chi connectivity index (χ0v) is 12.8. The maximum absolute atomic E-state index is 10.3. The predicted octanol–water partition coefficient (Wildman–Crippen LogP) is 1.79. The Balaban J connectivity index is 1.55. The van der Waals surface area contributed by atoms with Crippen LogP contribution in [0.2, 0.25) is 0 Å². The van der Waals surface area contributed by atoms with Crippen molar-refractivity contribution in [3.05, 3.63) is 47.0 Å². The number of nitrogens with zero attached hydrogens (tertiary/aromatic N) is 4. The van der Waals surface area contributed by atoms with Gasteiger partial charge in [0.2, 0.25) is 0 Å². The second kappa shape index (κ2) is 5.58. The van der Waals surface area contributed by atoms with E-state index in [0.29, 0.717) is 12.6 Å². The Morgan fingerprint density at radius 3 is 2.43 bits per heavy atom. The summed E-state index contributed by atoms with van der Waals surface area (Å²) in [6.07, 6.45) is -0.426. The molecule has 5 heteroatoms. The Morgan fingerprint density at radius 1 is 1.19 bits per heavy atom. The summed E-state index contributed by atoms with van der Waals surface area (Å²) in [5, 5.41) is 14.7. The zero-order chi connectivity index (χ0) is 15.0. The molecule has 1 aliphatic heterocycles. The summed E-state index contributed by atoms with van der Waals surface area (Å²) >= 11 is 0. The third kappa shape index (κ3) is 2.99. The Labute approximate surface area is 125 Å². The van der Waals surface area contributed by atoms with Crippen LogP contribution in [-0.4, -0.2) is 44.4 Å². The van der Waals surface area contributed by atoms with Crippen molar-refractivity contribution in [2.24, 2.45) is 0 Å². The molecule has 1 atom stereocenters. The van der Waals surface area contributed by atoms with E-state index < -0.39 is 6.10 Å². The lowest BCUT2D eigenvalue weighted by molar-refractivity contribution is 0.0392. The van der Waals surface area contributed by atoms with Crippen LogP contribution < -0.4 is 0 Å². The van der Waals surface area contributed by atoms with E-state index in [1.807, 2.05) is 42.8 Å². The number of β-amino-alcohol motifs (C(OH)–C–C–N with tert-alkyl or cyclic N) is 1. The van der Waals surface area contributed by atoms with E-state index in [2.05, 4.69) is 21.9 Å². The lowest BCUT2D eigenvalue weighted by atomic mass is 10.0. The Hall–Kier alpha value is -1.72. The van der Waals surface area contributed by atoms with Gasteiger partial charge in [0.15, 0.2) is 0 Å². The summed E-state index contributed by atoms with van der Waals surface area (Å²) in [5.74, 6) is 1.79. The zero-order valence-electron chi connectivity index (χ0n) is 12.8. The van der Waals surface area contributed by atoms with Gasteiger partial charge in [-0.3, -0.25) is 4.90 Å². The molecule has 5 nitrogen and oxygen atoms in total. The molecule has 1 aromatic heterocycles. The number of rotatable bonds is 4. The highest BCUT2D eigenvalue weighted by Gasteiger charge is 2.31. The number of aromatic nitrogens is 3. The van der Waals surface area contributed by atoms with Crippen LogP contribution in [0.25, 0.3) is 0 Å². The van der Waals surface area contributed by atoms with Crippen LogP contribution in [0.15, 0.2) is 24.3 Å². The monoisotopic (exact) mass is 286 g/mol.